The highest BCUT2D eigenvalue weighted by Crippen LogP contribution is 2.28. The standard InChI is InChI=1S/C14H16N2O2S2/c1-10-2-3-12(20-10)11-9-19-13(15-11)8-14(17)16-4-6-18-7-5-16/h2-3,9H,4-8H2,1H3. The van der Waals surface area contributed by atoms with Gasteiger partial charge in [-0.2, -0.15) is 0 Å². The molecule has 1 aliphatic heterocycles. The highest BCUT2D eigenvalue weighted by atomic mass is 32.1. The molecule has 106 valence electrons. The Morgan fingerprint density at radius 3 is 2.90 bits per heavy atom. The molecule has 1 fully saturated rings. The Morgan fingerprint density at radius 2 is 2.20 bits per heavy atom. The third-order valence-electron chi connectivity index (χ3n) is 3.21. The van der Waals surface area contributed by atoms with Crippen LogP contribution in [0.1, 0.15) is 9.88 Å². The second-order valence-electron chi connectivity index (χ2n) is 4.71. The first-order chi connectivity index (χ1) is 9.72. The first-order valence-corrected chi connectivity index (χ1v) is 8.29. The monoisotopic (exact) mass is 308 g/mol. The van der Waals surface area contributed by atoms with Crippen molar-refractivity contribution in [3.8, 4) is 10.6 Å². The minimum Gasteiger partial charge on any atom is -0.378 e. The van der Waals surface area contributed by atoms with Crippen LogP contribution in [0.25, 0.3) is 10.6 Å². The van der Waals surface area contributed by atoms with E-state index in [2.05, 4.69) is 24.0 Å². The maximum Gasteiger partial charge on any atom is 0.229 e. The van der Waals surface area contributed by atoms with Crippen molar-refractivity contribution in [3.63, 3.8) is 0 Å². The summed E-state index contributed by atoms with van der Waals surface area (Å²) in [5.74, 6) is 0.150. The maximum atomic E-state index is 12.2. The Morgan fingerprint density at radius 1 is 1.40 bits per heavy atom. The van der Waals surface area contributed by atoms with Gasteiger partial charge in [0.2, 0.25) is 5.91 Å². The number of amides is 1. The smallest absolute Gasteiger partial charge is 0.229 e. The highest BCUT2D eigenvalue weighted by molar-refractivity contribution is 7.16. The molecule has 0 unspecified atom stereocenters. The number of aromatic nitrogens is 1. The number of carbonyl (C=O) groups is 1. The molecule has 0 aromatic carbocycles. The van der Waals surface area contributed by atoms with Crippen molar-refractivity contribution in [2.24, 2.45) is 0 Å². The summed E-state index contributed by atoms with van der Waals surface area (Å²) in [5.41, 5.74) is 0.984. The Balaban J connectivity index is 1.66. The number of aryl methyl sites for hydroxylation is 1. The van der Waals surface area contributed by atoms with E-state index in [1.165, 1.54) is 9.75 Å². The average Bonchev–Trinajstić information content (AvgIpc) is 3.09. The minimum absolute atomic E-state index is 0.150. The van der Waals surface area contributed by atoms with Crippen LogP contribution >= 0.6 is 22.7 Å². The number of rotatable bonds is 3. The number of thiazole rings is 1. The number of hydrogen-bond acceptors (Lipinski definition) is 5. The van der Waals surface area contributed by atoms with Gasteiger partial charge in [0.25, 0.3) is 0 Å². The van der Waals surface area contributed by atoms with Gasteiger partial charge in [-0.15, -0.1) is 22.7 Å². The zero-order valence-electron chi connectivity index (χ0n) is 11.3. The van der Waals surface area contributed by atoms with E-state index >= 15 is 0 Å². The molecule has 3 heterocycles. The molecular weight excluding hydrogens is 292 g/mol. The van der Waals surface area contributed by atoms with Crippen molar-refractivity contribution in [1.29, 1.82) is 0 Å². The van der Waals surface area contributed by atoms with Crippen molar-refractivity contribution in [3.05, 3.63) is 27.4 Å². The predicted molar refractivity (Wildman–Crippen MR) is 81.3 cm³/mol. The summed E-state index contributed by atoms with van der Waals surface area (Å²) < 4.78 is 5.26. The van der Waals surface area contributed by atoms with E-state index in [1.807, 2.05) is 10.3 Å². The topological polar surface area (TPSA) is 42.4 Å². The van der Waals surface area contributed by atoms with E-state index in [9.17, 15) is 4.79 Å². The van der Waals surface area contributed by atoms with Gasteiger partial charge in [-0.05, 0) is 19.1 Å². The highest BCUT2D eigenvalue weighted by Gasteiger charge is 2.18. The third-order valence-corrected chi connectivity index (χ3v) is 5.08. The number of carbonyl (C=O) groups excluding carboxylic acids is 1. The van der Waals surface area contributed by atoms with Crippen LogP contribution in [0, 0.1) is 6.92 Å². The molecule has 1 saturated heterocycles. The molecule has 0 radical (unpaired) electrons. The molecule has 2 aromatic rings. The van der Waals surface area contributed by atoms with E-state index in [-0.39, 0.29) is 5.91 Å². The molecule has 0 atom stereocenters. The van der Waals surface area contributed by atoms with E-state index in [0.29, 0.717) is 32.7 Å². The van der Waals surface area contributed by atoms with Gasteiger partial charge in [-0.3, -0.25) is 4.79 Å². The van der Waals surface area contributed by atoms with E-state index in [4.69, 9.17) is 4.74 Å². The lowest BCUT2D eigenvalue weighted by Crippen LogP contribution is -2.41. The zero-order valence-corrected chi connectivity index (χ0v) is 12.9. The van der Waals surface area contributed by atoms with Crippen LogP contribution in [0.5, 0.6) is 0 Å². The summed E-state index contributed by atoms with van der Waals surface area (Å²) in [4.78, 5) is 21.0. The lowest BCUT2D eigenvalue weighted by molar-refractivity contribution is -0.134. The van der Waals surface area contributed by atoms with Crippen LogP contribution in [0.15, 0.2) is 17.5 Å². The number of hydrogen-bond donors (Lipinski definition) is 0. The van der Waals surface area contributed by atoms with Crippen LogP contribution in [-0.2, 0) is 16.0 Å². The molecule has 1 amide bonds. The first-order valence-electron chi connectivity index (χ1n) is 6.59. The summed E-state index contributed by atoms with van der Waals surface area (Å²) >= 11 is 3.30. The lowest BCUT2D eigenvalue weighted by Gasteiger charge is -2.26. The molecule has 20 heavy (non-hydrogen) atoms. The molecule has 0 aliphatic carbocycles. The van der Waals surface area contributed by atoms with Gasteiger partial charge in [0.15, 0.2) is 0 Å². The van der Waals surface area contributed by atoms with Crippen molar-refractivity contribution < 1.29 is 9.53 Å². The quantitative estimate of drug-likeness (QED) is 0.875. The Bertz CT molecular complexity index is 600. The number of nitrogens with zero attached hydrogens (tertiary/aromatic N) is 2. The van der Waals surface area contributed by atoms with E-state index < -0.39 is 0 Å². The fraction of sp³-hybridized carbons (Fsp3) is 0.429. The van der Waals surface area contributed by atoms with Gasteiger partial charge in [0, 0.05) is 23.3 Å². The van der Waals surface area contributed by atoms with Crippen molar-refractivity contribution in [2.75, 3.05) is 26.3 Å². The fourth-order valence-corrected chi connectivity index (χ4v) is 3.82. The van der Waals surface area contributed by atoms with Gasteiger partial charge in [-0.1, -0.05) is 0 Å². The van der Waals surface area contributed by atoms with Crippen molar-refractivity contribution in [2.45, 2.75) is 13.3 Å². The third kappa shape index (κ3) is 3.08. The number of ether oxygens (including phenoxy) is 1. The molecule has 0 saturated carbocycles. The van der Waals surface area contributed by atoms with Crippen LogP contribution in [0.2, 0.25) is 0 Å². The molecule has 0 N–H and O–H groups in total. The predicted octanol–water partition coefficient (Wildman–Crippen LogP) is 2.58. The van der Waals surface area contributed by atoms with Crippen LogP contribution in [-0.4, -0.2) is 42.1 Å². The summed E-state index contributed by atoms with van der Waals surface area (Å²) in [5, 5.41) is 2.93. The number of morpholine rings is 1. The number of thiophene rings is 1. The lowest BCUT2D eigenvalue weighted by atomic mass is 10.3. The molecule has 1 aliphatic rings. The van der Waals surface area contributed by atoms with E-state index in [0.717, 1.165) is 10.7 Å². The second kappa shape index (κ2) is 6.03. The van der Waals surface area contributed by atoms with Gasteiger partial charge < -0.3 is 9.64 Å². The zero-order chi connectivity index (χ0) is 13.9. The molecule has 0 bridgehead atoms. The second-order valence-corrected chi connectivity index (χ2v) is 6.94. The molecular formula is C14H16N2O2S2. The molecule has 6 heteroatoms. The van der Waals surface area contributed by atoms with Gasteiger partial charge in [-0.25, -0.2) is 4.98 Å². The Kier molecular flexibility index (Phi) is 4.14. The van der Waals surface area contributed by atoms with Crippen molar-refractivity contribution in [1.82, 2.24) is 9.88 Å². The van der Waals surface area contributed by atoms with Gasteiger partial charge in [0.05, 0.1) is 30.2 Å². The minimum atomic E-state index is 0.150. The normalized spacial score (nSPS) is 15.6. The van der Waals surface area contributed by atoms with Gasteiger partial charge >= 0.3 is 0 Å². The SMILES string of the molecule is Cc1ccc(-c2csc(CC(=O)N3CCOCC3)n2)s1. The average molecular weight is 308 g/mol. The summed E-state index contributed by atoms with van der Waals surface area (Å²) in [6, 6.07) is 4.18. The fourth-order valence-electron chi connectivity index (χ4n) is 2.13. The van der Waals surface area contributed by atoms with Crippen LogP contribution < -0.4 is 0 Å². The Hall–Kier alpha value is -1.24. The first kappa shape index (κ1) is 13.7. The molecule has 3 rings (SSSR count). The van der Waals surface area contributed by atoms with Crippen molar-refractivity contribution >= 4 is 28.6 Å². The molecule has 4 nitrogen and oxygen atoms in total. The van der Waals surface area contributed by atoms with Crippen LogP contribution in [0.4, 0.5) is 0 Å². The Labute approximate surface area is 126 Å². The van der Waals surface area contributed by atoms with Crippen LogP contribution in [0.3, 0.4) is 0 Å². The molecule has 0 spiro atoms. The van der Waals surface area contributed by atoms with E-state index in [1.54, 1.807) is 22.7 Å². The summed E-state index contributed by atoms with van der Waals surface area (Å²) in [6.07, 6.45) is 0.398. The summed E-state index contributed by atoms with van der Waals surface area (Å²) in [6.45, 7) is 4.76. The summed E-state index contributed by atoms with van der Waals surface area (Å²) in [7, 11) is 0. The van der Waals surface area contributed by atoms with Gasteiger partial charge in [0.1, 0.15) is 5.01 Å². The largest absolute Gasteiger partial charge is 0.378 e. The molecule has 2 aromatic heterocycles. The maximum absolute atomic E-state index is 12.2.